The maximum atomic E-state index is 13.0. The van der Waals surface area contributed by atoms with Crippen molar-refractivity contribution in [2.75, 3.05) is 17.2 Å². The third kappa shape index (κ3) is 9.49. The molecule has 0 heterocycles. The Morgan fingerprint density at radius 3 is 1.83 bits per heavy atom. The summed E-state index contributed by atoms with van der Waals surface area (Å²) in [6.07, 6.45) is 0. The monoisotopic (exact) mass is 640 g/mol. The predicted molar refractivity (Wildman–Crippen MR) is 158 cm³/mol. The Bertz CT molecular complexity index is 1740. The van der Waals surface area contributed by atoms with Gasteiger partial charge in [-0.2, -0.15) is 21.9 Å². The number of nitrogens with zero attached hydrogens (tertiary/aromatic N) is 3. The third-order valence-corrected chi connectivity index (χ3v) is 7.80. The normalized spacial score (nSPS) is 11.6. The minimum absolute atomic E-state index is 0.00381. The Labute approximate surface area is 247 Å². The smallest absolute Gasteiger partial charge is 0.332 e. The van der Waals surface area contributed by atoms with Crippen molar-refractivity contribution in [2.45, 2.75) is 23.3 Å². The van der Waals surface area contributed by atoms with Gasteiger partial charge in [-0.25, -0.2) is 0 Å². The fourth-order valence-corrected chi connectivity index (χ4v) is 4.92. The van der Waals surface area contributed by atoms with Gasteiger partial charge in [0.25, 0.3) is 0 Å². The summed E-state index contributed by atoms with van der Waals surface area (Å²) in [6.45, 7) is 3.76. The molecule has 0 saturated carbocycles. The Hall–Kier alpha value is -3.58. The number of benzene rings is 4. The van der Waals surface area contributed by atoms with Crippen LogP contribution in [0, 0.1) is 0 Å². The highest BCUT2D eigenvalue weighted by molar-refractivity contribution is 7.86. The van der Waals surface area contributed by atoms with Crippen molar-refractivity contribution in [3.63, 3.8) is 0 Å². The van der Waals surface area contributed by atoms with E-state index in [0.717, 1.165) is 43.0 Å². The molecule has 2 N–H and O–H groups in total. The summed E-state index contributed by atoms with van der Waals surface area (Å²) >= 11 is 11.4. The van der Waals surface area contributed by atoms with E-state index >= 15 is 0 Å². The van der Waals surface area contributed by atoms with E-state index in [-0.39, 0.29) is 21.4 Å². The van der Waals surface area contributed by atoms with Crippen molar-refractivity contribution in [1.82, 2.24) is 0 Å². The number of hydrogen-bond acceptors (Lipinski definition) is 8. The molecule has 0 fully saturated rings. The van der Waals surface area contributed by atoms with Gasteiger partial charge in [0.05, 0.1) is 21.4 Å². The van der Waals surface area contributed by atoms with Crippen molar-refractivity contribution >= 4 is 66.4 Å². The summed E-state index contributed by atoms with van der Waals surface area (Å²) in [5.41, 5.74) is 8.65. The fourth-order valence-electron chi connectivity index (χ4n) is 3.41. The zero-order valence-corrected chi connectivity index (χ0v) is 24.6. The summed E-state index contributed by atoms with van der Waals surface area (Å²) in [5, 5.41) is 8.17. The Morgan fingerprint density at radius 1 is 0.756 bits per heavy atom. The molecule has 4 rings (SSSR count). The van der Waals surface area contributed by atoms with Crippen molar-refractivity contribution < 1.29 is 24.6 Å². The zero-order valence-electron chi connectivity index (χ0n) is 21.5. The quantitative estimate of drug-likeness (QED) is 0.118. The van der Waals surface area contributed by atoms with Crippen LogP contribution in [0.2, 0.25) is 10.0 Å². The lowest BCUT2D eigenvalue weighted by atomic mass is 10.2. The molecule has 0 bridgehead atoms. The predicted octanol–water partition coefficient (Wildman–Crippen LogP) is 8.02. The van der Waals surface area contributed by atoms with Crippen LogP contribution in [0.15, 0.2) is 111 Å². The number of anilines is 2. The molecular formula is C27H24Cl2F2N4O4S2. The molecule has 0 amide bonds. The molecule has 0 atom stereocenters. The average Bonchev–Trinajstić information content (AvgIpc) is 2.93. The van der Waals surface area contributed by atoms with Gasteiger partial charge in [0.15, 0.2) is 0 Å². The number of halogens is 4. The number of hydrogen-bond donors (Lipinski definition) is 1. The van der Waals surface area contributed by atoms with Gasteiger partial charge in [0.1, 0.15) is 15.5 Å². The van der Waals surface area contributed by atoms with Gasteiger partial charge in [-0.05, 0) is 73.2 Å². The summed E-state index contributed by atoms with van der Waals surface area (Å²) in [6, 6.07) is 24.5. The molecule has 0 unspecified atom stereocenters. The van der Waals surface area contributed by atoms with Crippen LogP contribution in [-0.4, -0.2) is 23.4 Å². The second kappa shape index (κ2) is 13.9. The van der Waals surface area contributed by atoms with Crippen LogP contribution in [-0.2, 0) is 27.0 Å². The maximum absolute atomic E-state index is 13.0. The lowest BCUT2D eigenvalue weighted by Crippen LogP contribution is -2.21. The molecule has 4 aromatic carbocycles. The van der Waals surface area contributed by atoms with Crippen LogP contribution in [0.5, 0.6) is 0 Å². The summed E-state index contributed by atoms with van der Waals surface area (Å²) in [4.78, 5) is 1.24. The molecule has 0 aliphatic carbocycles. The van der Waals surface area contributed by atoms with E-state index in [0.29, 0.717) is 5.69 Å². The van der Waals surface area contributed by atoms with E-state index < -0.39 is 30.2 Å². The van der Waals surface area contributed by atoms with Gasteiger partial charge in [0.2, 0.25) is 0 Å². The molecule has 0 aliphatic rings. The molecule has 0 aliphatic heterocycles. The Kier molecular flexibility index (Phi) is 10.8. The first-order valence-corrected chi connectivity index (χ1v) is 15.3. The third-order valence-electron chi connectivity index (χ3n) is 5.54. The number of rotatable bonds is 8. The first-order valence-electron chi connectivity index (χ1n) is 11.8. The molecule has 14 heteroatoms. The van der Waals surface area contributed by atoms with E-state index in [9.17, 15) is 24.6 Å². The van der Waals surface area contributed by atoms with E-state index in [2.05, 4.69) is 34.2 Å². The highest BCUT2D eigenvalue weighted by atomic mass is 35.5. The van der Waals surface area contributed by atoms with Crippen molar-refractivity contribution in [1.29, 1.82) is 0 Å². The molecular weight excluding hydrogens is 617 g/mol. The lowest BCUT2D eigenvalue weighted by Gasteiger charge is -2.23. The van der Waals surface area contributed by atoms with Crippen LogP contribution in [0.4, 0.5) is 30.5 Å². The number of azo groups is 1. The Morgan fingerprint density at radius 2 is 1.32 bits per heavy atom. The molecule has 0 aromatic heterocycles. The van der Waals surface area contributed by atoms with E-state index in [1.54, 1.807) is 0 Å². The highest BCUT2D eigenvalue weighted by Gasteiger charge is 2.14. The van der Waals surface area contributed by atoms with Gasteiger partial charge in [-0.15, -0.1) is 12.9 Å². The Balaban J connectivity index is 0.000000322. The van der Waals surface area contributed by atoms with Crippen molar-refractivity contribution in [2.24, 2.45) is 10.2 Å². The molecule has 0 radical (unpaired) electrons. The van der Waals surface area contributed by atoms with Crippen LogP contribution < -0.4 is 10.6 Å². The largest absolute Gasteiger partial charge is 0.398 e. The highest BCUT2D eigenvalue weighted by Crippen LogP contribution is 2.30. The van der Waals surface area contributed by atoms with Crippen molar-refractivity contribution in [3.05, 3.63) is 107 Å². The zero-order chi connectivity index (χ0) is 30.2. The summed E-state index contributed by atoms with van der Waals surface area (Å²) < 4.78 is 67.8. The minimum Gasteiger partial charge on any atom is -0.398 e. The van der Waals surface area contributed by atoms with Crippen LogP contribution in [0.3, 0.4) is 0 Å². The lowest BCUT2D eigenvalue weighted by molar-refractivity contribution is 0.550. The van der Waals surface area contributed by atoms with E-state index in [1.165, 1.54) is 17.7 Å². The molecule has 8 nitrogen and oxygen atoms in total. The van der Waals surface area contributed by atoms with Gasteiger partial charge >= 0.3 is 20.4 Å². The summed E-state index contributed by atoms with van der Waals surface area (Å²) in [5.74, 6) is 0. The van der Waals surface area contributed by atoms with E-state index in [1.807, 2.05) is 42.5 Å². The first kappa shape index (κ1) is 31.9. The summed E-state index contributed by atoms with van der Waals surface area (Å²) in [7, 11) is -9.49. The average molecular weight is 642 g/mol. The molecule has 0 saturated heterocycles. The molecule has 216 valence electrons. The van der Waals surface area contributed by atoms with Gasteiger partial charge in [-0.1, -0.05) is 53.5 Å². The van der Waals surface area contributed by atoms with Gasteiger partial charge in [0, 0.05) is 18.8 Å². The van der Waals surface area contributed by atoms with Gasteiger partial charge < -0.3 is 10.6 Å². The maximum Gasteiger partial charge on any atom is 0.332 e. The second-order valence-electron chi connectivity index (χ2n) is 8.39. The molecule has 4 aromatic rings. The van der Waals surface area contributed by atoms with Crippen LogP contribution in [0.1, 0.15) is 12.5 Å². The first-order chi connectivity index (χ1) is 19.3. The molecule has 0 spiro atoms. The van der Waals surface area contributed by atoms with Gasteiger partial charge in [-0.3, -0.25) is 0 Å². The fraction of sp³-hybridized carbons (Fsp3) is 0.111. The topological polar surface area (TPSA) is 122 Å². The SMILES string of the molecule is CCN(Cc1ccccc1)c1ccc(N=Nc2ccc(S(=O)(=O)F)cc2Cl)cc1.Nc1ccc(S(=O)(=O)F)cc1Cl. The standard InChI is InChI=1S/C21H19ClFN3O2S.C6H5ClFNO2S/c1-2-26(15-16-6-4-3-5-7-16)18-10-8-17(9-11-18)24-25-21-13-12-19(14-20(21)22)29(23,27)28;7-5-3-4(12(8,10)11)1-2-6(5)9/h3-14H,2,15H2,1H3;1-3H,9H2. The minimum atomic E-state index is -4.81. The van der Waals surface area contributed by atoms with Crippen LogP contribution in [0.25, 0.3) is 0 Å². The van der Waals surface area contributed by atoms with E-state index in [4.69, 9.17) is 28.9 Å². The molecule has 41 heavy (non-hydrogen) atoms. The van der Waals surface area contributed by atoms with Crippen molar-refractivity contribution in [3.8, 4) is 0 Å². The second-order valence-corrected chi connectivity index (χ2v) is 11.9. The number of nitrogen functional groups attached to an aromatic ring is 1. The van der Waals surface area contributed by atoms with Crippen LogP contribution >= 0.6 is 23.2 Å². The number of nitrogens with two attached hydrogens (primary N) is 1.